The van der Waals surface area contributed by atoms with Crippen molar-refractivity contribution in [1.82, 2.24) is 19.9 Å². The maximum absolute atomic E-state index is 5.30. The number of fused-ring (bicyclic) bond motifs is 5. The minimum atomic E-state index is 0.818. The van der Waals surface area contributed by atoms with Crippen LogP contribution < -0.4 is 0 Å². The Morgan fingerprint density at radius 2 is 0.870 bits per heavy atom. The highest BCUT2D eigenvalue weighted by Crippen LogP contribution is 2.35. The molecular weight excluding hydrogens is 560 g/mol. The second-order valence-electron chi connectivity index (χ2n) is 11.5. The molecule has 0 fully saturated rings. The van der Waals surface area contributed by atoms with Gasteiger partial charge in [-0.1, -0.05) is 133 Å². The van der Waals surface area contributed by atoms with Gasteiger partial charge in [0.2, 0.25) is 0 Å². The number of aromatic nitrogens is 4. The Labute approximate surface area is 265 Å². The predicted molar refractivity (Wildman–Crippen MR) is 189 cm³/mol. The predicted octanol–water partition coefficient (Wildman–Crippen LogP) is 10.5. The van der Waals surface area contributed by atoms with Crippen molar-refractivity contribution in [2.75, 3.05) is 0 Å². The van der Waals surface area contributed by atoms with Crippen LogP contribution in [0.15, 0.2) is 158 Å². The Kier molecular flexibility index (Phi) is 6.10. The Morgan fingerprint density at radius 3 is 1.59 bits per heavy atom. The number of benzene rings is 6. The van der Waals surface area contributed by atoms with Crippen molar-refractivity contribution < 1.29 is 0 Å². The van der Waals surface area contributed by atoms with E-state index in [0.29, 0.717) is 0 Å². The van der Waals surface area contributed by atoms with Gasteiger partial charge in [-0.25, -0.2) is 19.9 Å². The number of nitrogens with zero attached hydrogens (tertiary/aromatic N) is 4. The van der Waals surface area contributed by atoms with E-state index < -0.39 is 0 Å². The van der Waals surface area contributed by atoms with Gasteiger partial charge in [0.15, 0.2) is 0 Å². The van der Waals surface area contributed by atoms with Gasteiger partial charge in [0.05, 0.1) is 44.8 Å². The summed E-state index contributed by atoms with van der Waals surface area (Å²) in [6.07, 6.45) is 0. The zero-order valence-corrected chi connectivity index (χ0v) is 24.8. The van der Waals surface area contributed by atoms with Crippen LogP contribution in [0.25, 0.3) is 88.6 Å². The van der Waals surface area contributed by atoms with Gasteiger partial charge in [0.1, 0.15) is 0 Å². The standard InChI is InChI=1S/C42H26N4/c1-3-11-28(12-4-1)38-41(29-13-5-2-6-14-29)46-42-34(16-9-17-37(42)45-38)36-25-23-31-20-19-30-22-24-35(43-39(30)40(31)44-36)33-21-18-27-10-7-8-15-32(27)26-33/h1-26H. The third kappa shape index (κ3) is 4.47. The Balaban J connectivity index is 1.24. The highest BCUT2D eigenvalue weighted by atomic mass is 14.8. The average molecular weight is 587 g/mol. The van der Waals surface area contributed by atoms with E-state index in [4.69, 9.17) is 19.9 Å². The van der Waals surface area contributed by atoms with E-state index in [9.17, 15) is 0 Å². The summed E-state index contributed by atoms with van der Waals surface area (Å²) in [6, 6.07) is 54.3. The van der Waals surface area contributed by atoms with Gasteiger partial charge in [0, 0.05) is 33.0 Å². The van der Waals surface area contributed by atoms with Gasteiger partial charge in [-0.2, -0.15) is 0 Å². The molecule has 4 nitrogen and oxygen atoms in total. The number of para-hydroxylation sites is 1. The molecule has 0 amide bonds. The van der Waals surface area contributed by atoms with Crippen LogP contribution in [0.1, 0.15) is 0 Å². The molecule has 9 rings (SSSR count). The van der Waals surface area contributed by atoms with Crippen LogP contribution in [-0.2, 0) is 0 Å². The van der Waals surface area contributed by atoms with E-state index in [1.807, 2.05) is 48.5 Å². The molecule has 0 N–H and O–H groups in total. The lowest BCUT2D eigenvalue weighted by molar-refractivity contribution is 1.29. The van der Waals surface area contributed by atoms with Crippen molar-refractivity contribution >= 4 is 43.6 Å². The Hall–Kier alpha value is -6.26. The van der Waals surface area contributed by atoms with Crippen molar-refractivity contribution in [3.63, 3.8) is 0 Å². The molecule has 46 heavy (non-hydrogen) atoms. The molecule has 0 bridgehead atoms. The number of hydrogen-bond donors (Lipinski definition) is 0. The molecule has 0 atom stereocenters. The first-order valence-corrected chi connectivity index (χ1v) is 15.4. The molecule has 0 aliphatic carbocycles. The lowest BCUT2D eigenvalue weighted by atomic mass is 10.0. The van der Waals surface area contributed by atoms with E-state index in [0.717, 1.165) is 77.9 Å². The molecule has 6 aromatic carbocycles. The van der Waals surface area contributed by atoms with E-state index in [1.54, 1.807) is 0 Å². The Morgan fingerprint density at radius 1 is 0.304 bits per heavy atom. The van der Waals surface area contributed by atoms with Crippen LogP contribution in [0.3, 0.4) is 0 Å². The van der Waals surface area contributed by atoms with Gasteiger partial charge in [-0.3, -0.25) is 0 Å². The smallest absolute Gasteiger partial charge is 0.0988 e. The van der Waals surface area contributed by atoms with E-state index >= 15 is 0 Å². The van der Waals surface area contributed by atoms with Gasteiger partial charge >= 0.3 is 0 Å². The third-order valence-corrected chi connectivity index (χ3v) is 8.63. The molecular formula is C42H26N4. The summed E-state index contributed by atoms with van der Waals surface area (Å²) in [5, 5.41) is 4.51. The van der Waals surface area contributed by atoms with Crippen molar-refractivity contribution in [3.8, 4) is 45.0 Å². The topological polar surface area (TPSA) is 51.6 Å². The molecule has 0 saturated carbocycles. The molecule has 3 aromatic heterocycles. The van der Waals surface area contributed by atoms with E-state index in [2.05, 4.69) is 109 Å². The fourth-order valence-electron chi connectivity index (χ4n) is 6.31. The quantitative estimate of drug-likeness (QED) is 0.193. The third-order valence-electron chi connectivity index (χ3n) is 8.63. The summed E-state index contributed by atoms with van der Waals surface area (Å²) in [7, 11) is 0. The fourth-order valence-corrected chi connectivity index (χ4v) is 6.31. The molecule has 0 unspecified atom stereocenters. The largest absolute Gasteiger partial charge is 0.245 e. The second kappa shape index (κ2) is 10.7. The maximum Gasteiger partial charge on any atom is 0.0988 e. The lowest BCUT2D eigenvalue weighted by Crippen LogP contribution is -1.98. The number of hydrogen-bond acceptors (Lipinski definition) is 4. The molecule has 0 aliphatic heterocycles. The van der Waals surface area contributed by atoms with Crippen LogP contribution in [0.2, 0.25) is 0 Å². The van der Waals surface area contributed by atoms with Crippen LogP contribution >= 0.6 is 0 Å². The number of rotatable bonds is 4. The summed E-state index contributed by atoms with van der Waals surface area (Å²) in [4.78, 5) is 20.9. The van der Waals surface area contributed by atoms with Crippen molar-refractivity contribution in [3.05, 3.63) is 158 Å². The number of pyridine rings is 2. The zero-order valence-electron chi connectivity index (χ0n) is 24.8. The molecule has 3 heterocycles. The summed E-state index contributed by atoms with van der Waals surface area (Å²) < 4.78 is 0. The first-order valence-electron chi connectivity index (χ1n) is 15.4. The summed E-state index contributed by atoms with van der Waals surface area (Å²) in [5.41, 5.74) is 10.9. The normalized spacial score (nSPS) is 11.5. The van der Waals surface area contributed by atoms with E-state index in [-0.39, 0.29) is 0 Å². The first kappa shape index (κ1) is 26.2. The fraction of sp³-hybridized carbons (Fsp3) is 0. The minimum absolute atomic E-state index is 0.818. The van der Waals surface area contributed by atoms with Crippen LogP contribution in [0.5, 0.6) is 0 Å². The first-order chi connectivity index (χ1) is 22.8. The van der Waals surface area contributed by atoms with Gasteiger partial charge < -0.3 is 0 Å². The second-order valence-corrected chi connectivity index (χ2v) is 11.5. The lowest BCUT2D eigenvalue weighted by Gasteiger charge is -2.13. The molecule has 214 valence electrons. The Bertz CT molecular complexity index is 2580. The highest BCUT2D eigenvalue weighted by Gasteiger charge is 2.17. The summed E-state index contributed by atoms with van der Waals surface area (Å²) in [6.45, 7) is 0. The molecule has 0 spiro atoms. The van der Waals surface area contributed by atoms with Crippen molar-refractivity contribution in [1.29, 1.82) is 0 Å². The van der Waals surface area contributed by atoms with Gasteiger partial charge in [-0.05, 0) is 35.0 Å². The van der Waals surface area contributed by atoms with Crippen LogP contribution in [-0.4, -0.2) is 19.9 Å². The SMILES string of the molecule is c1ccc(-c2nc3cccc(-c4ccc5ccc6ccc(-c7ccc8ccccc8c7)nc6c5n4)c3nc2-c2ccccc2)cc1. The molecule has 4 heteroatoms. The van der Waals surface area contributed by atoms with Gasteiger partial charge in [-0.15, -0.1) is 0 Å². The maximum atomic E-state index is 5.30. The van der Waals surface area contributed by atoms with Crippen molar-refractivity contribution in [2.24, 2.45) is 0 Å². The van der Waals surface area contributed by atoms with Crippen LogP contribution in [0.4, 0.5) is 0 Å². The monoisotopic (exact) mass is 586 g/mol. The summed E-state index contributed by atoms with van der Waals surface area (Å²) >= 11 is 0. The highest BCUT2D eigenvalue weighted by molar-refractivity contribution is 6.05. The molecule has 9 aromatic rings. The van der Waals surface area contributed by atoms with Gasteiger partial charge in [0.25, 0.3) is 0 Å². The van der Waals surface area contributed by atoms with Crippen LogP contribution in [0, 0.1) is 0 Å². The summed E-state index contributed by atoms with van der Waals surface area (Å²) in [5.74, 6) is 0. The molecule has 0 saturated heterocycles. The van der Waals surface area contributed by atoms with E-state index in [1.165, 1.54) is 10.8 Å². The molecule has 0 radical (unpaired) electrons. The minimum Gasteiger partial charge on any atom is -0.245 e. The molecule has 0 aliphatic rings. The zero-order chi connectivity index (χ0) is 30.5. The van der Waals surface area contributed by atoms with Crippen molar-refractivity contribution in [2.45, 2.75) is 0 Å². The average Bonchev–Trinajstić information content (AvgIpc) is 3.14.